The zero-order valence-corrected chi connectivity index (χ0v) is 19.0. The summed E-state index contributed by atoms with van der Waals surface area (Å²) in [7, 11) is 1.65. The predicted molar refractivity (Wildman–Crippen MR) is 123 cm³/mol. The van der Waals surface area contributed by atoms with Crippen molar-refractivity contribution in [3.63, 3.8) is 0 Å². The Balaban J connectivity index is 1.84. The number of benzene rings is 2. The van der Waals surface area contributed by atoms with E-state index < -0.39 is 0 Å². The number of nitrogens with zero attached hydrogens (tertiary/aromatic N) is 2. The minimum atomic E-state index is 0.0136. The van der Waals surface area contributed by atoms with Crippen molar-refractivity contribution in [2.24, 2.45) is 0 Å². The first-order valence-corrected chi connectivity index (χ1v) is 10.8. The molecule has 2 aromatic carbocycles. The summed E-state index contributed by atoms with van der Waals surface area (Å²) in [5.74, 6) is 0.795. The number of para-hydroxylation sites is 1. The van der Waals surface area contributed by atoms with Crippen LogP contribution in [0.3, 0.4) is 0 Å². The van der Waals surface area contributed by atoms with E-state index in [0.717, 1.165) is 28.4 Å². The molecule has 6 heteroatoms. The second-order valence-corrected chi connectivity index (χ2v) is 8.42. The van der Waals surface area contributed by atoms with Crippen LogP contribution in [0.25, 0.3) is 16.9 Å². The predicted octanol–water partition coefficient (Wildman–Crippen LogP) is 5.36. The Labute approximate surface area is 188 Å². The molecule has 2 atom stereocenters. The largest absolute Gasteiger partial charge is 0.497 e. The van der Waals surface area contributed by atoms with Gasteiger partial charge in [-0.25, -0.2) is 0 Å². The zero-order valence-electron chi connectivity index (χ0n) is 18.3. The third-order valence-corrected chi connectivity index (χ3v) is 5.98. The first-order chi connectivity index (χ1) is 14.9. The maximum absolute atomic E-state index is 13.5. The zero-order chi connectivity index (χ0) is 22.1. The first-order valence-electron chi connectivity index (χ1n) is 10.5. The van der Waals surface area contributed by atoms with E-state index in [1.54, 1.807) is 7.11 Å². The molecule has 0 spiro atoms. The summed E-state index contributed by atoms with van der Waals surface area (Å²) in [4.78, 5) is 15.4. The van der Waals surface area contributed by atoms with Crippen LogP contribution in [-0.4, -0.2) is 47.8 Å². The molecule has 0 saturated carbocycles. The van der Waals surface area contributed by atoms with E-state index >= 15 is 0 Å². The molecule has 5 nitrogen and oxygen atoms in total. The molecule has 1 aliphatic rings. The van der Waals surface area contributed by atoms with Gasteiger partial charge in [0.1, 0.15) is 5.75 Å². The molecular weight excluding hydrogens is 412 g/mol. The van der Waals surface area contributed by atoms with Gasteiger partial charge in [-0.05, 0) is 68.8 Å². The molecule has 0 N–H and O–H groups in total. The summed E-state index contributed by atoms with van der Waals surface area (Å²) in [6, 6.07) is 17.5. The quantitative estimate of drug-likeness (QED) is 0.550. The average molecular weight is 439 g/mol. The number of halogens is 1. The Morgan fingerprint density at radius 3 is 2.32 bits per heavy atom. The van der Waals surface area contributed by atoms with Crippen molar-refractivity contribution in [2.75, 3.05) is 20.2 Å². The molecule has 2 unspecified atom stereocenters. The molecule has 31 heavy (non-hydrogen) atoms. The molecule has 0 radical (unpaired) electrons. The maximum atomic E-state index is 13.5. The molecule has 1 fully saturated rings. The van der Waals surface area contributed by atoms with E-state index in [-0.39, 0.29) is 18.1 Å². The molecule has 1 aliphatic heterocycles. The fourth-order valence-electron chi connectivity index (χ4n) is 4.26. The summed E-state index contributed by atoms with van der Waals surface area (Å²) in [5.41, 5.74) is 4.26. The van der Waals surface area contributed by atoms with Crippen molar-refractivity contribution in [1.82, 2.24) is 9.47 Å². The lowest BCUT2D eigenvalue weighted by Crippen LogP contribution is -2.48. The number of rotatable bonds is 4. The standard InChI is InChI=1S/C25H27ClN2O3/c1-16-14-27(15-17(2)31-16)25(29)21-13-24(19-9-11-20(30-4)12-10-19)28(18(21)3)23-8-6-5-7-22(23)26/h5-13,16-17H,14-15H2,1-4H3. The minimum Gasteiger partial charge on any atom is -0.497 e. The monoisotopic (exact) mass is 438 g/mol. The molecule has 1 amide bonds. The van der Waals surface area contributed by atoms with E-state index in [4.69, 9.17) is 21.1 Å². The van der Waals surface area contributed by atoms with Crippen molar-refractivity contribution >= 4 is 17.5 Å². The van der Waals surface area contributed by atoms with Crippen LogP contribution in [-0.2, 0) is 4.74 Å². The van der Waals surface area contributed by atoms with Gasteiger partial charge in [0.05, 0.1) is 41.3 Å². The molecule has 0 aliphatic carbocycles. The number of hydrogen-bond donors (Lipinski definition) is 0. The van der Waals surface area contributed by atoms with Gasteiger partial charge in [0.2, 0.25) is 0 Å². The highest BCUT2D eigenvalue weighted by Gasteiger charge is 2.29. The number of carbonyl (C=O) groups excluding carboxylic acids is 1. The fraction of sp³-hybridized carbons (Fsp3) is 0.320. The van der Waals surface area contributed by atoms with Gasteiger partial charge in [0.25, 0.3) is 5.91 Å². The SMILES string of the molecule is COc1ccc(-c2cc(C(=O)N3CC(C)OC(C)C3)c(C)n2-c2ccccc2Cl)cc1. The highest BCUT2D eigenvalue weighted by Crippen LogP contribution is 2.34. The number of ether oxygens (including phenoxy) is 2. The minimum absolute atomic E-state index is 0.0136. The van der Waals surface area contributed by atoms with Gasteiger partial charge in [-0.15, -0.1) is 0 Å². The van der Waals surface area contributed by atoms with Crippen LogP contribution in [0.5, 0.6) is 5.75 Å². The third kappa shape index (κ3) is 4.21. The number of aromatic nitrogens is 1. The van der Waals surface area contributed by atoms with Gasteiger partial charge in [-0.3, -0.25) is 4.79 Å². The number of morpholine rings is 1. The van der Waals surface area contributed by atoms with E-state index in [0.29, 0.717) is 23.7 Å². The Morgan fingerprint density at radius 1 is 1.06 bits per heavy atom. The van der Waals surface area contributed by atoms with Gasteiger partial charge < -0.3 is 18.9 Å². The highest BCUT2D eigenvalue weighted by atomic mass is 35.5. The Morgan fingerprint density at radius 2 is 1.71 bits per heavy atom. The second kappa shape index (κ2) is 8.77. The van der Waals surface area contributed by atoms with Crippen molar-refractivity contribution in [3.05, 3.63) is 70.9 Å². The van der Waals surface area contributed by atoms with Crippen molar-refractivity contribution < 1.29 is 14.3 Å². The maximum Gasteiger partial charge on any atom is 0.255 e. The fourth-order valence-corrected chi connectivity index (χ4v) is 4.48. The van der Waals surface area contributed by atoms with E-state index in [1.165, 1.54) is 0 Å². The van der Waals surface area contributed by atoms with Crippen LogP contribution in [0.4, 0.5) is 0 Å². The van der Waals surface area contributed by atoms with Crippen LogP contribution in [0.1, 0.15) is 29.9 Å². The summed E-state index contributed by atoms with van der Waals surface area (Å²) in [6.07, 6.45) is 0.0273. The molecule has 3 aromatic rings. The van der Waals surface area contributed by atoms with Crippen molar-refractivity contribution in [3.8, 4) is 22.7 Å². The summed E-state index contributed by atoms with van der Waals surface area (Å²) < 4.78 is 13.2. The number of hydrogen-bond acceptors (Lipinski definition) is 3. The average Bonchev–Trinajstić information content (AvgIpc) is 3.10. The smallest absolute Gasteiger partial charge is 0.255 e. The summed E-state index contributed by atoms with van der Waals surface area (Å²) in [6.45, 7) is 7.13. The Hall–Kier alpha value is -2.76. The number of amides is 1. The molecule has 0 bridgehead atoms. The lowest BCUT2D eigenvalue weighted by Gasteiger charge is -2.35. The topological polar surface area (TPSA) is 43.7 Å². The van der Waals surface area contributed by atoms with Crippen LogP contribution >= 0.6 is 11.6 Å². The van der Waals surface area contributed by atoms with Gasteiger partial charge in [-0.1, -0.05) is 23.7 Å². The highest BCUT2D eigenvalue weighted by molar-refractivity contribution is 6.32. The Kier molecular flexibility index (Phi) is 6.08. The van der Waals surface area contributed by atoms with E-state index in [9.17, 15) is 4.79 Å². The number of methoxy groups -OCH3 is 1. The number of carbonyl (C=O) groups is 1. The lowest BCUT2D eigenvalue weighted by atomic mass is 10.1. The molecule has 4 rings (SSSR count). The molecule has 162 valence electrons. The Bertz CT molecular complexity index is 1080. The van der Waals surface area contributed by atoms with Crippen LogP contribution < -0.4 is 4.74 Å². The van der Waals surface area contributed by atoms with Gasteiger partial charge >= 0.3 is 0 Å². The molecule has 1 aromatic heterocycles. The van der Waals surface area contributed by atoms with Crippen molar-refractivity contribution in [1.29, 1.82) is 0 Å². The molecular formula is C25H27ClN2O3. The van der Waals surface area contributed by atoms with Crippen LogP contribution in [0, 0.1) is 6.92 Å². The molecule has 2 heterocycles. The summed E-state index contributed by atoms with van der Waals surface area (Å²) >= 11 is 6.56. The van der Waals surface area contributed by atoms with Crippen molar-refractivity contribution in [2.45, 2.75) is 33.0 Å². The van der Waals surface area contributed by atoms with E-state index in [2.05, 4.69) is 4.57 Å². The van der Waals surface area contributed by atoms with Gasteiger partial charge in [-0.2, -0.15) is 0 Å². The second-order valence-electron chi connectivity index (χ2n) is 8.01. The normalized spacial score (nSPS) is 18.8. The first kappa shape index (κ1) is 21.5. The summed E-state index contributed by atoms with van der Waals surface area (Å²) in [5, 5.41) is 0.628. The van der Waals surface area contributed by atoms with Gasteiger partial charge in [0, 0.05) is 18.8 Å². The third-order valence-electron chi connectivity index (χ3n) is 5.66. The van der Waals surface area contributed by atoms with Crippen LogP contribution in [0.2, 0.25) is 5.02 Å². The molecule has 1 saturated heterocycles. The lowest BCUT2D eigenvalue weighted by molar-refractivity contribution is -0.0586. The van der Waals surface area contributed by atoms with E-state index in [1.807, 2.05) is 80.3 Å². The van der Waals surface area contributed by atoms with Gasteiger partial charge in [0.15, 0.2) is 0 Å². The van der Waals surface area contributed by atoms with Crippen LogP contribution in [0.15, 0.2) is 54.6 Å².